The first-order valence-corrected chi connectivity index (χ1v) is 8.03. The molecule has 0 spiro atoms. The van der Waals surface area contributed by atoms with Gasteiger partial charge in [0.2, 0.25) is 0 Å². The van der Waals surface area contributed by atoms with Crippen molar-refractivity contribution >= 4 is 16.5 Å². The van der Waals surface area contributed by atoms with Crippen LogP contribution in [0.3, 0.4) is 0 Å². The zero-order valence-corrected chi connectivity index (χ0v) is 13.4. The van der Waals surface area contributed by atoms with Crippen LogP contribution in [0, 0.1) is 0 Å². The smallest absolute Gasteiger partial charge is 0.185 e. The number of thiazole rings is 1. The molecule has 0 bridgehead atoms. The van der Waals surface area contributed by atoms with Crippen molar-refractivity contribution in [3.63, 3.8) is 0 Å². The molecule has 1 aliphatic heterocycles. The monoisotopic (exact) mass is 282 g/mol. The highest BCUT2D eigenvalue weighted by Gasteiger charge is 2.25. The summed E-state index contributed by atoms with van der Waals surface area (Å²) in [5.74, 6) is 0. The summed E-state index contributed by atoms with van der Waals surface area (Å²) in [5, 5.41) is 1.15. The third kappa shape index (κ3) is 3.27. The molecule has 1 saturated heterocycles. The second-order valence-electron chi connectivity index (χ2n) is 5.77. The maximum Gasteiger partial charge on any atom is 0.185 e. The molecule has 0 aliphatic carbocycles. The normalized spacial score (nSPS) is 18.1. The number of hydrogen-bond donors (Lipinski definition) is 1. The first-order valence-electron chi connectivity index (χ1n) is 7.22. The summed E-state index contributed by atoms with van der Waals surface area (Å²) in [4.78, 5) is 10.9. The molecule has 2 N–H and O–H groups in total. The molecule has 108 valence electrons. The van der Waals surface area contributed by atoms with Crippen molar-refractivity contribution in [1.29, 1.82) is 0 Å². The summed E-state index contributed by atoms with van der Waals surface area (Å²) in [7, 11) is 0. The molecule has 1 aromatic rings. The van der Waals surface area contributed by atoms with Gasteiger partial charge in [0, 0.05) is 36.6 Å². The minimum Gasteiger partial charge on any atom is -0.346 e. The second-order valence-corrected chi connectivity index (χ2v) is 6.75. The molecule has 0 atom stereocenters. The van der Waals surface area contributed by atoms with Gasteiger partial charge in [-0.3, -0.25) is 0 Å². The van der Waals surface area contributed by atoms with Crippen LogP contribution < -0.4 is 10.6 Å². The van der Waals surface area contributed by atoms with Gasteiger partial charge in [-0.05, 0) is 26.8 Å². The van der Waals surface area contributed by atoms with E-state index in [1.165, 1.54) is 10.6 Å². The summed E-state index contributed by atoms with van der Waals surface area (Å²) in [5.41, 5.74) is 7.15. The number of nitrogens with two attached hydrogens (primary N) is 1. The first-order chi connectivity index (χ1) is 8.95. The molecule has 0 saturated carbocycles. The molecule has 4 nitrogen and oxygen atoms in total. The number of rotatable bonds is 4. The van der Waals surface area contributed by atoms with Crippen LogP contribution in [-0.4, -0.2) is 42.6 Å². The van der Waals surface area contributed by atoms with E-state index in [1.807, 2.05) is 0 Å². The summed E-state index contributed by atoms with van der Waals surface area (Å²) in [6.07, 6.45) is 0.960. The van der Waals surface area contributed by atoms with E-state index in [-0.39, 0.29) is 5.54 Å². The Labute approximate surface area is 120 Å². The number of likely N-dealkylation sites (N-methyl/N-ethyl adjacent to an activating group) is 1. The Morgan fingerprint density at radius 3 is 2.26 bits per heavy atom. The van der Waals surface area contributed by atoms with E-state index in [4.69, 9.17) is 10.7 Å². The predicted molar refractivity (Wildman–Crippen MR) is 83.0 cm³/mol. The van der Waals surface area contributed by atoms with Gasteiger partial charge in [0.1, 0.15) is 0 Å². The molecule has 0 radical (unpaired) electrons. The number of aromatic nitrogens is 1. The zero-order valence-electron chi connectivity index (χ0n) is 12.6. The molecule has 1 aliphatic rings. The Morgan fingerprint density at radius 2 is 1.84 bits per heavy atom. The molecule has 5 heteroatoms. The van der Waals surface area contributed by atoms with Crippen molar-refractivity contribution < 1.29 is 0 Å². The van der Waals surface area contributed by atoms with Gasteiger partial charge in [-0.25, -0.2) is 4.98 Å². The van der Waals surface area contributed by atoms with Crippen LogP contribution in [0.4, 0.5) is 5.13 Å². The highest BCUT2D eigenvalue weighted by Crippen LogP contribution is 2.33. The second kappa shape index (κ2) is 5.77. The summed E-state index contributed by atoms with van der Waals surface area (Å²) in [6, 6.07) is 0. The standard InChI is InChI=1S/C14H26N4S/c1-5-11-12(14(3,4)15)19-13(16-11)18-9-7-17(6-2)8-10-18/h5-10,15H2,1-4H3. The molecule has 1 aromatic heterocycles. The lowest BCUT2D eigenvalue weighted by molar-refractivity contribution is 0.271. The van der Waals surface area contributed by atoms with Crippen molar-refractivity contribution in [2.24, 2.45) is 5.73 Å². The SMILES string of the molecule is CCc1nc(N2CCN(CC)CC2)sc1C(C)(C)N. The van der Waals surface area contributed by atoms with Crippen LogP contribution in [0.1, 0.15) is 38.3 Å². The first kappa shape index (κ1) is 14.8. The summed E-state index contributed by atoms with van der Waals surface area (Å²) >= 11 is 1.78. The van der Waals surface area contributed by atoms with Crippen LogP contribution >= 0.6 is 11.3 Å². The van der Waals surface area contributed by atoms with E-state index in [9.17, 15) is 0 Å². The average Bonchev–Trinajstić information content (AvgIpc) is 2.83. The number of aryl methyl sites for hydroxylation is 1. The molecule has 2 rings (SSSR count). The Kier molecular flexibility index (Phi) is 4.48. The van der Waals surface area contributed by atoms with E-state index >= 15 is 0 Å². The third-order valence-electron chi connectivity index (χ3n) is 3.70. The highest BCUT2D eigenvalue weighted by atomic mass is 32.1. The van der Waals surface area contributed by atoms with Crippen LogP contribution in [0.2, 0.25) is 0 Å². The molecule has 0 unspecified atom stereocenters. The van der Waals surface area contributed by atoms with E-state index < -0.39 is 0 Å². The highest BCUT2D eigenvalue weighted by molar-refractivity contribution is 7.15. The zero-order chi connectivity index (χ0) is 14.0. The van der Waals surface area contributed by atoms with Crippen molar-refractivity contribution in [3.05, 3.63) is 10.6 Å². The van der Waals surface area contributed by atoms with Gasteiger partial charge in [0.25, 0.3) is 0 Å². The number of piperazine rings is 1. The number of hydrogen-bond acceptors (Lipinski definition) is 5. The van der Waals surface area contributed by atoms with Gasteiger partial charge in [-0.2, -0.15) is 0 Å². The molecule has 19 heavy (non-hydrogen) atoms. The van der Waals surface area contributed by atoms with Crippen molar-refractivity contribution in [1.82, 2.24) is 9.88 Å². The van der Waals surface area contributed by atoms with Gasteiger partial charge in [-0.1, -0.05) is 25.2 Å². The number of nitrogens with zero attached hydrogens (tertiary/aromatic N) is 3. The Bertz CT molecular complexity index is 414. The van der Waals surface area contributed by atoms with E-state index in [0.717, 1.165) is 44.3 Å². The van der Waals surface area contributed by atoms with Gasteiger partial charge in [-0.15, -0.1) is 0 Å². The Balaban J connectivity index is 2.16. The molecule has 2 heterocycles. The minimum atomic E-state index is -0.285. The average molecular weight is 282 g/mol. The van der Waals surface area contributed by atoms with Gasteiger partial charge in [0.15, 0.2) is 5.13 Å². The fraction of sp³-hybridized carbons (Fsp3) is 0.786. The van der Waals surface area contributed by atoms with E-state index in [1.54, 1.807) is 11.3 Å². The lowest BCUT2D eigenvalue weighted by Crippen LogP contribution is -2.46. The van der Waals surface area contributed by atoms with Crippen LogP contribution in [0.25, 0.3) is 0 Å². The van der Waals surface area contributed by atoms with Crippen molar-refractivity contribution in [2.45, 2.75) is 39.7 Å². The van der Waals surface area contributed by atoms with Gasteiger partial charge < -0.3 is 15.5 Å². The molecule has 0 aromatic carbocycles. The van der Waals surface area contributed by atoms with Crippen molar-refractivity contribution in [2.75, 3.05) is 37.6 Å². The fourth-order valence-electron chi connectivity index (χ4n) is 2.47. The predicted octanol–water partition coefficient (Wildman–Crippen LogP) is 2.04. The Morgan fingerprint density at radius 1 is 1.21 bits per heavy atom. The van der Waals surface area contributed by atoms with Gasteiger partial charge >= 0.3 is 0 Å². The van der Waals surface area contributed by atoms with Gasteiger partial charge in [0.05, 0.1) is 5.69 Å². The van der Waals surface area contributed by atoms with Crippen LogP contribution in [-0.2, 0) is 12.0 Å². The topological polar surface area (TPSA) is 45.4 Å². The largest absolute Gasteiger partial charge is 0.346 e. The maximum absolute atomic E-state index is 6.26. The summed E-state index contributed by atoms with van der Waals surface area (Å²) in [6.45, 7) is 14.1. The minimum absolute atomic E-state index is 0.285. The fourth-order valence-corrected chi connectivity index (χ4v) is 3.69. The Hall–Kier alpha value is -0.650. The molecule has 1 fully saturated rings. The maximum atomic E-state index is 6.26. The van der Waals surface area contributed by atoms with E-state index in [2.05, 4.69) is 37.5 Å². The number of anilines is 1. The summed E-state index contributed by atoms with van der Waals surface area (Å²) < 4.78 is 0. The van der Waals surface area contributed by atoms with Crippen LogP contribution in [0.15, 0.2) is 0 Å². The van der Waals surface area contributed by atoms with E-state index in [0.29, 0.717) is 0 Å². The lowest BCUT2D eigenvalue weighted by atomic mass is 10.0. The quantitative estimate of drug-likeness (QED) is 0.918. The molecule has 0 amide bonds. The molecular formula is C14H26N4S. The lowest BCUT2D eigenvalue weighted by Gasteiger charge is -2.33. The molecular weight excluding hydrogens is 256 g/mol. The third-order valence-corrected chi connectivity index (χ3v) is 5.19. The van der Waals surface area contributed by atoms with Crippen LogP contribution in [0.5, 0.6) is 0 Å². The van der Waals surface area contributed by atoms with Crippen molar-refractivity contribution in [3.8, 4) is 0 Å².